The zero-order chi connectivity index (χ0) is 24.7. The molecule has 1 unspecified atom stereocenters. The van der Waals surface area contributed by atoms with Crippen LogP contribution in [0.25, 0.3) is 10.9 Å². The molecule has 180 valence electrons. The minimum atomic E-state index is -1.06. The van der Waals surface area contributed by atoms with Gasteiger partial charge in [0.05, 0.1) is 5.56 Å². The Bertz CT molecular complexity index is 1420. The number of hydrogen-bond acceptors (Lipinski definition) is 4. The second kappa shape index (κ2) is 8.88. The summed E-state index contributed by atoms with van der Waals surface area (Å²) in [5.74, 6) is -0.304. The molecule has 0 radical (unpaired) electrons. The minimum absolute atomic E-state index is 0.304. The van der Waals surface area contributed by atoms with E-state index in [-0.39, 0.29) is 5.97 Å². The fraction of sp³-hybridized carbons (Fsp3) is 0.333. The molecule has 2 aromatic heterocycles. The van der Waals surface area contributed by atoms with Crippen LogP contribution in [0.2, 0.25) is 0 Å². The maximum atomic E-state index is 13.3. The molecule has 1 aliphatic heterocycles. The molecule has 0 saturated carbocycles. The summed E-state index contributed by atoms with van der Waals surface area (Å²) in [7, 11) is 0. The molecule has 35 heavy (non-hydrogen) atoms. The number of rotatable bonds is 7. The summed E-state index contributed by atoms with van der Waals surface area (Å²) >= 11 is 0. The quantitative estimate of drug-likeness (QED) is 0.296. The van der Waals surface area contributed by atoms with Gasteiger partial charge < -0.3 is 14.2 Å². The number of cyclic esters (lactones) is 1. The van der Waals surface area contributed by atoms with Gasteiger partial charge in [-0.1, -0.05) is 31.2 Å². The Kier molecular flexibility index (Phi) is 5.87. The summed E-state index contributed by atoms with van der Waals surface area (Å²) in [5, 5.41) is 1.11. The number of aryl methyl sites for hydroxylation is 2. The number of hydrogen-bond donors (Lipinski definition) is 0. The third kappa shape index (κ3) is 3.36. The monoisotopic (exact) mass is 467 g/mol. The molecule has 0 amide bonds. The van der Waals surface area contributed by atoms with Crippen molar-refractivity contribution in [3.05, 3.63) is 94.4 Å². The van der Waals surface area contributed by atoms with Gasteiger partial charge in [-0.25, -0.2) is 4.79 Å². The van der Waals surface area contributed by atoms with Crippen LogP contribution in [0.15, 0.2) is 60.9 Å². The number of fused-ring (bicyclic) bond motifs is 2. The number of nitrogens with zero attached hydrogens (tertiary/aromatic N) is 3. The first kappa shape index (κ1) is 23.2. The molecule has 2 aromatic carbocycles. The average Bonchev–Trinajstić information content (AvgIpc) is 3.32. The first-order valence-electron chi connectivity index (χ1n) is 12.6. The number of pyridine rings is 1. The van der Waals surface area contributed by atoms with E-state index in [1.807, 2.05) is 6.20 Å². The van der Waals surface area contributed by atoms with Gasteiger partial charge in [0.25, 0.3) is 0 Å². The fourth-order valence-electron chi connectivity index (χ4n) is 5.84. The first-order chi connectivity index (χ1) is 17.0. The molecule has 5 rings (SSSR count). The van der Waals surface area contributed by atoms with Gasteiger partial charge in [-0.3, -0.25) is 4.98 Å². The largest absolute Gasteiger partial charge is 0.440 e. The molecule has 0 saturated heterocycles. The summed E-state index contributed by atoms with van der Waals surface area (Å²) in [6.45, 7) is 13.6. The molecule has 5 heteroatoms. The van der Waals surface area contributed by atoms with Crippen LogP contribution in [0, 0.1) is 13.8 Å². The van der Waals surface area contributed by atoms with Gasteiger partial charge in [-0.05, 0) is 63.9 Å². The van der Waals surface area contributed by atoms with E-state index in [0.717, 1.165) is 64.9 Å². The van der Waals surface area contributed by atoms with Gasteiger partial charge in [0, 0.05) is 71.0 Å². The number of esters is 1. The van der Waals surface area contributed by atoms with Crippen LogP contribution >= 0.6 is 0 Å². The molecular formula is C30H33N3O2. The third-order valence-electron chi connectivity index (χ3n) is 7.41. The van der Waals surface area contributed by atoms with Crippen molar-refractivity contribution in [1.82, 2.24) is 9.55 Å². The van der Waals surface area contributed by atoms with Gasteiger partial charge in [0.1, 0.15) is 0 Å². The van der Waals surface area contributed by atoms with Crippen LogP contribution in [0.1, 0.15) is 65.5 Å². The normalized spacial score (nSPS) is 17.0. The molecule has 3 heterocycles. The molecule has 0 aliphatic carbocycles. The van der Waals surface area contributed by atoms with Crippen molar-refractivity contribution in [2.75, 3.05) is 18.0 Å². The summed E-state index contributed by atoms with van der Waals surface area (Å²) in [5.41, 5.74) is 6.88. The Hall–Kier alpha value is -3.60. The Balaban J connectivity index is 1.87. The maximum Gasteiger partial charge on any atom is 0.340 e. The van der Waals surface area contributed by atoms with Crippen LogP contribution in [-0.4, -0.2) is 28.6 Å². The second-order valence-corrected chi connectivity index (χ2v) is 9.29. The molecule has 1 atom stereocenters. The highest BCUT2D eigenvalue weighted by molar-refractivity contribution is 5.98. The molecule has 0 bridgehead atoms. The van der Waals surface area contributed by atoms with Gasteiger partial charge in [0.2, 0.25) is 0 Å². The number of benzene rings is 2. The van der Waals surface area contributed by atoms with Crippen molar-refractivity contribution in [3.63, 3.8) is 0 Å². The van der Waals surface area contributed by atoms with E-state index in [0.29, 0.717) is 5.56 Å². The van der Waals surface area contributed by atoms with Crippen molar-refractivity contribution < 1.29 is 9.53 Å². The average molecular weight is 468 g/mol. The van der Waals surface area contributed by atoms with Crippen LogP contribution in [0.4, 0.5) is 5.69 Å². The smallest absolute Gasteiger partial charge is 0.340 e. The maximum absolute atomic E-state index is 13.3. The highest BCUT2D eigenvalue weighted by Gasteiger charge is 2.52. The highest BCUT2D eigenvalue weighted by atomic mass is 16.6. The predicted octanol–water partition coefficient (Wildman–Crippen LogP) is 6.37. The minimum Gasteiger partial charge on any atom is -0.440 e. The van der Waals surface area contributed by atoms with E-state index >= 15 is 0 Å². The lowest BCUT2D eigenvalue weighted by Gasteiger charge is -2.33. The number of anilines is 1. The highest BCUT2D eigenvalue weighted by Crippen LogP contribution is 2.51. The zero-order valence-electron chi connectivity index (χ0n) is 21.3. The molecule has 0 fully saturated rings. The predicted molar refractivity (Wildman–Crippen MR) is 141 cm³/mol. The lowest BCUT2D eigenvalue weighted by molar-refractivity contribution is 0.0251. The van der Waals surface area contributed by atoms with Crippen LogP contribution in [-0.2, 0) is 16.9 Å². The van der Waals surface area contributed by atoms with Crippen LogP contribution in [0.3, 0.4) is 0 Å². The van der Waals surface area contributed by atoms with Crippen molar-refractivity contribution in [1.29, 1.82) is 0 Å². The molecule has 0 spiro atoms. The molecule has 5 nitrogen and oxygen atoms in total. The standard InChI is InChI=1S/C30H33N3O2/c1-6-17-33-21(5)28(24-11-9-10-12-27(24)33)30(26-19-31-16-15-23(26)29(34)35-30)25-14-13-22(18-20(25)4)32(7-2)8-3/h9-16,18-19H,6-8,17H2,1-5H3. The molecule has 4 aromatic rings. The summed E-state index contributed by atoms with van der Waals surface area (Å²) in [6.07, 6.45) is 4.49. The first-order valence-corrected chi connectivity index (χ1v) is 12.6. The summed E-state index contributed by atoms with van der Waals surface area (Å²) in [6, 6.07) is 16.7. The molecular weight excluding hydrogens is 434 g/mol. The zero-order valence-corrected chi connectivity index (χ0v) is 21.3. The lowest BCUT2D eigenvalue weighted by Crippen LogP contribution is -2.32. The molecule has 0 N–H and O–H groups in total. The van der Waals surface area contributed by atoms with Gasteiger partial charge in [-0.15, -0.1) is 0 Å². The third-order valence-corrected chi connectivity index (χ3v) is 7.41. The topological polar surface area (TPSA) is 47.4 Å². The summed E-state index contributed by atoms with van der Waals surface area (Å²) < 4.78 is 8.86. The van der Waals surface area contributed by atoms with E-state index < -0.39 is 5.60 Å². The number of aromatic nitrogens is 2. The van der Waals surface area contributed by atoms with Crippen molar-refractivity contribution >= 4 is 22.6 Å². The van der Waals surface area contributed by atoms with Gasteiger partial charge in [-0.2, -0.15) is 0 Å². The SMILES string of the molecule is CCCn1c(C)c(C2(c3ccc(N(CC)CC)cc3C)OC(=O)c3ccncc32)c2ccccc21. The number of carbonyl (C=O) groups is 1. The Labute approximate surface area is 207 Å². The Morgan fingerprint density at radius 2 is 1.77 bits per heavy atom. The summed E-state index contributed by atoms with van der Waals surface area (Å²) in [4.78, 5) is 20.1. The van der Waals surface area contributed by atoms with Gasteiger partial charge in [0.15, 0.2) is 5.60 Å². The van der Waals surface area contributed by atoms with E-state index in [9.17, 15) is 4.79 Å². The molecule has 1 aliphatic rings. The number of carbonyl (C=O) groups excluding carboxylic acids is 1. The van der Waals surface area contributed by atoms with Crippen molar-refractivity contribution in [2.45, 2.75) is 53.2 Å². The van der Waals surface area contributed by atoms with E-state index in [4.69, 9.17) is 4.74 Å². The second-order valence-electron chi connectivity index (χ2n) is 9.29. The van der Waals surface area contributed by atoms with Crippen molar-refractivity contribution in [3.8, 4) is 0 Å². The number of para-hydroxylation sites is 1. The van der Waals surface area contributed by atoms with Crippen LogP contribution < -0.4 is 4.90 Å². The Morgan fingerprint density at radius 1 is 1.00 bits per heavy atom. The van der Waals surface area contributed by atoms with E-state index in [1.165, 1.54) is 5.69 Å². The lowest BCUT2D eigenvalue weighted by atomic mass is 9.77. The van der Waals surface area contributed by atoms with Gasteiger partial charge >= 0.3 is 5.97 Å². The number of ether oxygens (including phenoxy) is 1. The van der Waals surface area contributed by atoms with Crippen molar-refractivity contribution in [2.24, 2.45) is 0 Å². The van der Waals surface area contributed by atoms with E-state index in [2.05, 4.69) is 91.5 Å². The Morgan fingerprint density at radius 3 is 2.49 bits per heavy atom. The van der Waals surface area contributed by atoms with E-state index in [1.54, 1.807) is 12.3 Å². The fourth-order valence-corrected chi connectivity index (χ4v) is 5.84. The van der Waals surface area contributed by atoms with Crippen LogP contribution in [0.5, 0.6) is 0 Å².